The topological polar surface area (TPSA) is 99.1 Å². The molecule has 394 valence electrons. The van der Waals surface area contributed by atoms with Gasteiger partial charge < -0.3 is 23.8 Å². The molecule has 0 aromatic heterocycles. The van der Waals surface area contributed by atoms with Gasteiger partial charge in [-0.2, -0.15) is 0 Å². The molecular formula is C60H108NO7+. The second kappa shape index (κ2) is 50.4. The molecule has 0 fully saturated rings. The van der Waals surface area contributed by atoms with Crippen LogP contribution in [-0.2, 0) is 28.6 Å². The lowest BCUT2D eigenvalue weighted by atomic mass is 10.1. The normalized spacial score (nSPS) is 13.2. The number of allylic oxidation sites excluding steroid dienone is 10. The van der Waals surface area contributed by atoms with Gasteiger partial charge >= 0.3 is 17.9 Å². The first-order chi connectivity index (χ1) is 33.1. The molecule has 2 unspecified atom stereocenters. The SMILES string of the molecule is CCCCC/C=C/C/C=C/C/C=C/CCCCCCCCCCCC(=O)OCC(COCCC(C(=O)O)[N+](C)(C)C)OC(=O)CCCCCCCCC/C=C/C/C=C/CCCCCCCCCC. The maximum absolute atomic E-state index is 12.8. The van der Waals surface area contributed by atoms with Crippen LogP contribution in [0.1, 0.15) is 251 Å². The number of rotatable bonds is 51. The Kier molecular flexibility index (Phi) is 48.2. The van der Waals surface area contributed by atoms with E-state index in [1.54, 1.807) is 0 Å². The van der Waals surface area contributed by atoms with E-state index >= 15 is 0 Å². The van der Waals surface area contributed by atoms with E-state index in [1.807, 2.05) is 21.1 Å². The second-order valence-electron chi connectivity index (χ2n) is 20.2. The molecule has 1 N–H and O–H groups in total. The standard InChI is InChI=1S/C60H107NO7/c1-6-8-10-12-14-16-18-20-22-24-26-28-30-32-34-36-38-40-42-44-46-48-50-58(62)67-55-56(54-66-53-52-57(60(64)65)61(3,4)5)68-59(63)51-49-47-45-43-41-39-37-35-33-31-29-27-25-23-21-19-17-15-13-11-9-7-2/h14,16,20,22,25-28,31,33,56-57H,6-13,15,17-19,21,23-24,29-30,32,34-55H2,1-5H3/p+1/b16-14+,22-20+,27-25+,28-26+,33-31+. The minimum Gasteiger partial charge on any atom is -0.477 e. The molecular weight excluding hydrogens is 847 g/mol. The van der Waals surface area contributed by atoms with Gasteiger partial charge in [0, 0.05) is 19.3 Å². The molecule has 0 aromatic carbocycles. The average molecular weight is 956 g/mol. The van der Waals surface area contributed by atoms with Gasteiger partial charge in [-0.05, 0) is 83.5 Å². The third kappa shape index (κ3) is 48.1. The fourth-order valence-corrected chi connectivity index (χ4v) is 8.25. The number of esters is 2. The summed E-state index contributed by atoms with van der Waals surface area (Å²) in [4.78, 5) is 37.3. The molecule has 0 bridgehead atoms. The molecule has 8 heteroatoms. The number of likely N-dealkylation sites (N-methyl/N-ethyl adjacent to an activating group) is 1. The van der Waals surface area contributed by atoms with Crippen molar-refractivity contribution in [3.05, 3.63) is 60.8 Å². The van der Waals surface area contributed by atoms with Crippen LogP contribution < -0.4 is 0 Å². The third-order valence-electron chi connectivity index (χ3n) is 12.6. The molecule has 0 aliphatic heterocycles. The van der Waals surface area contributed by atoms with Crippen LogP contribution in [0.3, 0.4) is 0 Å². The summed E-state index contributed by atoms with van der Waals surface area (Å²) in [6.45, 7) is 4.72. The van der Waals surface area contributed by atoms with Gasteiger partial charge in [-0.15, -0.1) is 0 Å². The predicted molar refractivity (Wildman–Crippen MR) is 289 cm³/mol. The van der Waals surface area contributed by atoms with Crippen molar-refractivity contribution in [2.75, 3.05) is 41.0 Å². The maximum atomic E-state index is 12.8. The first-order valence-electron chi connectivity index (χ1n) is 28.3. The summed E-state index contributed by atoms with van der Waals surface area (Å²) < 4.78 is 17.4. The van der Waals surface area contributed by atoms with Crippen molar-refractivity contribution in [1.82, 2.24) is 0 Å². The van der Waals surface area contributed by atoms with E-state index in [0.29, 0.717) is 19.3 Å². The first-order valence-corrected chi connectivity index (χ1v) is 28.3. The van der Waals surface area contributed by atoms with Gasteiger partial charge in [0.2, 0.25) is 0 Å². The molecule has 0 heterocycles. The minimum absolute atomic E-state index is 0.0552. The van der Waals surface area contributed by atoms with Crippen molar-refractivity contribution in [3.8, 4) is 0 Å². The number of quaternary nitrogens is 1. The van der Waals surface area contributed by atoms with E-state index < -0.39 is 18.1 Å². The highest BCUT2D eigenvalue weighted by atomic mass is 16.6. The van der Waals surface area contributed by atoms with Crippen molar-refractivity contribution in [1.29, 1.82) is 0 Å². The van der Waals surface area contributed by atoms with Crippen molar-refractivity contribution in [2.45, 2.75) is 264 Å². The Bertz CT molecular complexity index is 1290. The van der Waals surface area contributed by atoms with E-state index in [1.165, 1.54) is 154 Å². The largest absolute Gasteiger partial charge is 0.477 e. The van der Waals surface area contributed by atoms with Gasteiger partial charge in [0.15, 0.2) is 12.1 Å². The Balaban J connectivity index is 4.22. The summed E-state index contributed by atoms with van der Waals surface area (Å²) in [5.74, 6) is -1.48. The van der Waals surface area contributed by atoms with Crippen LogP contribution in [0.25, 0.3) is 0 Å². The molecule has 0 radical (unpaired) electrons. The smallest absolute Gasteiger partial charge is 0.362 e. The van der Waals surface area contributed by atoms with Crippen LogP contribution in [0.2, 0.25) is 0 Å². The lowest BCUT2D eigenvalue weighted by Gasteiger charge is -2.31. The molecule has 0 saturated heterocycles. The number of ether oxygens (including phenoxy) is 3. The van der Waals surface area contributed by atoms with Crippen LogP contribution >= 0.6 is 0 Å². The quantitative estimate of drug-likeness (QED) is 0.0281. The number of carboxylic acid groups (broad SMARTS) is 1. The number of hydrogen-bond donors (Lipinski definition) is 1. The molecule has 0 aliphatic carbocycles. The van der Waals surface area contributed by atoms with E-state index in [2.05, 4.69) is 74.6 Å². The number of aliphatic carboxylic acids is 1. The average Bonchev–Trinajstić information content (AvgIpc) is 3.30. The van der Waals surface area contributed by atoms with Crippen LogP contribution in [0, 0.1) is 0 Å². The molecule has 8 nitrogen and oxygen atoms in total. The number of carbonyl (C=O) groups is 3. The molecule has 0 amide bonds. The Morgan fingerprint density at radius 1 is 0.441 bits per heavy atom. The first kappa shape index (κ1) is 65.0. The second-order valence-corrected chi connectivity index (χ2v) is 20.2. The molecule has 0 aromatic rings. The number of carboxylic acids is 1. The van der Waals surface area contributed by atoms with Crippen molar-refractivity contribution in [2.24, 2.45) is 0 Å². The predicted octanol–water partition coefficient (Wildman–Crippen LogP) is 16.9. The van der Waals surface area contributed by atoms with E-state index in [4.69, 9.17) is 14.2 Å². The highest BCUT2D eigenvalue weighted by Gasteiger charge is 2.31. The van der Waals surface area contributed by atoms with E-state index in [0.717, 1.165) is 64.2 Å². The zero-order valence-electron chi connectivity index (χ0n) is 45.1. The minimum atomic E-state index is -0.876. The zero-order chi connectivity index (χ0) is 49.9. The van der Waals surface area contributed by atoms with Gasteiger partial charge in [-0.1, -0.05) is 209 Å². The Morgan fingerprint density at radius 3 is 1.18 bits per heavy atom. The van der Waals surface area contributed by atoms with Crippen molar-refractivity contribution >= 4 is 17.9 Å². The fraction of sp³-hybridized carbons (Fsp3) is 0.783. The monoisotopic (exact) mass is 955 g/mol. The Morgan fingerprint density at radius 2 is 0.779 bits per heavy atom. The lowest BCUT2D eigenvalue weighted by molar-refractivity contribution is -0.887. The number of hydrogen-bond acceptors (Lipinski definition) is 6. The Hall–Kier alpha value is -2.97. The molecule has 2 atom stereocenters. The summed E-state index contributed by atoms with van der Waals surface area (Å²) in [5.41, 5.74) is 0. The number of unbranched alkanes of at least 4 members (excludes halogenated alkanes) is 27. The number of carbonyl (C=O) groups excluding carboxylic acids is 2. The van der Waals surface area contributed by atoms with E-state index in [9.17, 15) is 19.5 Å². The van der Waals surface area contributed by atoms with Gasteiger partial charge in [0.25, 0.3) is 0 Å². The summed E-state index contributed by atoms with van der Waals surface area (Å²) in [6, 6.07) is -0.620. The number of nitrogens with zero attached hydrogens (tertiary/aromatic N) is 1. The van der Waals surface area contributed by atoms with Crippen LogP contribution in [0.5, 0.6) is 0 Å². The summed E-state index contributed by atoms with van der Waals surface area (Å²) in [7, 11) is 5.54. The van der Waals surface area contributed by atoms with Crippen LogP contribution in [-0.4, -0.2) is 80.6 Å². The molecule has 0 rings (SSSR count). The molecule has 0 spiro atoms. The lowest BCUT2D eigenvalue weighted by Crippen LogP contribution is -2.50. The highest BCUT2D eigenvalue weighted by molar-refractivity contribution is 5.72. The third-order valence-corrected chi connectivity index (χ3v) is 12.6. The fourth-order valence-electron chi connectivity index (χ4n) is 8.25. The van der Waals surface area contributed by atoms with Gasteiger partial charge in [-0.25, -0.2) is 4.79 Å². The van der Waals surface area contributed by atoms with Crippen LogP contribution in [0.4, 0.5) is 0 Å². The summed E-state index contributed by atoms with van der Waals surface area (Å²) in [5, 5.41) is 9.68. The van der Waals surface area contributed by atoms with Crippen LogP contribution in [0.15, 0.2) is 60.8 Å². The maximum Gasteiger partial charge on any atom is 0.362 e. The van der Waals surface area contributed by atoms with Crippen molar-refractivity contribution in [3.63, 3.8) is 0 Å². The van der Waals surface area contributed by atoms with E-state index in [-0.39, 0.29) is 36.2 Å². The summed E-state index contributed by atoms with van der Waals surface area (Å²) >= 11 is 0. The Labute approximate surface area is 419 Å². The van der Waals surface area contributed by atoms with Gasteiger partial charge in [-0.3, -0.25) is 9.59 Å². The molecule has 0 aliphatic rings. The van der Waals surface area contributed by atoms with Gasteiger partial charge in [0.05, 0.1) is 34.4 Å². The molecule has 68 heavy (non-hydrogen) atoms. The highest BCUT2D eigenvalue weighted by Crippen LogP contribution is 2.15. The van der Waals surface area contributed by atoms with Crippen molar-refractivity contribution < 1.29 is 38.2 Å². The molecule has 0 saturated carbocycles. The van der Waals surface area contributed by atoms with Gasteiger partial charge in [0.1, 0.15) is 6.61 Å². The zero-order valence-corrected chi connectivity index (χ0v) is 45.1. The summed E-state index contributed by atoms with van der Waals surface area (Å²) in [6.07, 6.45) is 64.2.